The number of benzene rings is 1. The highest BCUT2D eigenvalue weighted by atomic mass is 35.5. The summed E-state index contributed by atoms with van der Waals surface area (Å²) in [4.78, 5) is 0. The van der Waals surface area contributed by atoms with Crippen molar-refractivity contribution in [3.63, 3.8) is 0 Å². The first-order chi connectivity index (χ1) is 7.19. The molecular formula is C11H13Cl2NO. The van der Waals surface area contributed by atoms with Gasteiger partial charge in [0.1, 0.15) is 11.9 Å². The molecule has 1 fully saturated rings. The molecule has 0 radical (unpaired) electrons. The van der Waals surface area contributed by atoms with Crippen LogP contribution in [0, 0.1) is 0 Å². The number of nitrogens with one attached hydrogen (secondary N) is 1. The van der Waals surface area contributed by atoms with Crippen LogP contribution < -0.4 is 10.1 Å². The Morgan fingerprint density at radius 2 is 2.07 bits per heavy atom. The second kappa shape index (κ2) is 4.60. The third-order valence-corrected chi connectivity index (χ3v) is 3.24. The van der Waals surface area contributed by atoms with Crippen LogP contribution in [0.4, 0.5) is 0 Å². The van der Waals surface area contributed by atoms with Crippen LogP contribution in [0.15, 0.2) is 18.2 Å². The molecule has 1 aliphatic rings. The second-order valence-electron chi connectivity index (χ2n) is 3.77. The molecule has 2 rings (SSSR count). The average molecular weight is 246 g/mol. The molecule has 0 bridgehead atoms. The normalized spacial score (nSPS) is 24.7. The van der Waals surface area contributed by atoms with Crippen LogP contribution in [0.1, 0.15) is 12.8 Å². The van der Waals surface area contributed by atoms with Crippen molar-refractivity contribution in [1.82, 2.24) is 5.32 Å². The third-order valence-electron chi connectivity index (χ3n) is 2.69. The Morgan fingerprint density at radius 3 is 2.73 bits per heavy atom. The summed E-state index contributed by atoms with van der Waals surface area (Å²) >= 11 is 11.9. The van der Waals surface area contributed by atoms with E-state index < -0.39 is 0 Å². The second-order valence-corrected chi connectivity index (χ2v) is 4.62. The Hall–Kier alpha value is -0.440. The maximum Gasteiger partial charge on any atom is 0.139 e. The van der Waals surface area contributed by atoms with Crippen LogP contribution in [-0.2, 0) is 0 Å². The summed E-state index contributed by atoms with van der Waals surface area (Å²) in [6.07, 6.45) is 2.32. The molecule has 0 unspecified atom stereocenters. The fourth-order valence-corrected chi connectivity index (χ4v) is 1.97. The summed E-state index contributed by atoms with van der Waals surface area (Å²) in [6.45, 7) is 0. The molecule has 15 heavy (non-hydrogen) atoms. The van der Waals surface area contributed by atoms with Crippen LogP contribution in [-0.4, -0.2) is 19.2 Å². The van der Waals surface area contributed by atoms with Crippen LogP contribution in [0.25, 0.3) is 0 Å². The molecule has 0 aliphatic heterocycles. The predicted molar refractivity (Wildman–Crippen MR) is 63.0 cm³/mol. The predicted octanol–water partition coefficient (Wildman–Crippen LogP) is 3.12. The van der Waals surface area contributed by atoms with Gasteiger partial charge in [-0.3, -0.25) is 0 Å². The topological polar surface area (TPSA) is 21.3 Å². The fourth-order valence-electron chi connectivity index (χ4n) is 1.64. The van der Waals surface area contributed by atoms with E-state index in [1.807, 2.05) is 7.05 Å². The zero-order valence-corrected chi connectivity index (χ0v) is 9.98. The summed E-state index contributed by atoms with van der Waals surface area (Å²) < 4.78 is 5.74. The Bertz CT molecular complexity index is 350. The van der Waals surface area contributed by atoms with Crippen LogP contribution >= 0.6 is 23.2 Å². The van der Waals surface area contributed by atoms with Crippen molar-refractivity contribution >= 4 is 23.2 Å². The van der Waals surface area contributed by atoms with E-state index in [0.29, 0.717) is 21.8 Å². The van der Waals surface area contributed by atoms with E-state index in [1.54, 1.807) is 18.2 Å². The number of hydrogen-bond donors (Lipinski definition) is 1. The Kier molecular flexibility index (Phi) is 3.39. The van der Waals surface area contributed by atoms with Crippen molar-refractivity contribution in [3.05, 3.63) is 28.2 Å². The quantitative estimate of drug-likeness (QED) is 0.884. The molecule has 0 heterocycles. The van der Waals surface area contributed by atoms with Crippen LogP contribution in [0.5, 0.6) is 5.75 Å². The molecule has 1 aromatic rings. The molecule has 1 aliphatic carbocycles. The number of ether oxygens (including phenoxy) is 1. The SMILES string of the molecule is CNC1CC(Oc2cc(Cl)ccc2Cl)C1. The molecule has 1 N–H and O–H groups in total. The van der Waals surface area contributed by atoms with Crippen LogP contribution in [0.2, 0.25) is 10.0 Å². The molecule has 0 amide bonds. The zero-order valence-electron chi connectivity index (χ0n) is 8.47. The van der Waals surface area contributed by atoms with Gasteiger partial charge in [0.15, 0.2) is 0 Å². The summed E-state index contributed by atoms with van der Waals surface area (Å²) in [6, 6.07) is 5.85. The van der Waals surface area contributed by atoms with Gasteiger partial charge in [0.2, 0.25) is 0 Å². The average Bonchev–Trinajstić information content (AvgIpc) is 2.16. The minimum Gasteiger partial charge on any atom is -0.489 e. The van der Waals surface area contributed by atoms with Crippen molar-refractivity contribution < 1.29 is 4.74 Å². The maximum atomic E-state index is 5.99. The molecule has 0 atom stereocenters. The molecule has 4 heteroatoms. The third kappa shape index (κ3) is 2.57. The molecule has 2 nitrogen and oxygen atoms in total. The van der Waals surface area contributed by atoms with Gasteiger partial charge in [-0.05, 0) is 32.0 Å². The van der Waals surface area contributed by atoms with E-state index in [4.69, 9.17) is 27.9 Å². The standard InChI is InChI=1S/C11H13Cl2NO/c1-14-8-5-9(6-8)15-11-4-7(12)2-3-10(11)13/h2-4,8-9,14H,5-6H2,1H3. The number of rotatable bonds is 3. The van der Waals surface area contributed by atoms with E-state index in [2.05, 4.69) is 5.32 Å². The van der Waals surface area contributed by atoms with Gasteiger partial charge in [0.25, 0.3) is 0 Å². The summed E-state index contributed by atoms with van der Waals surface area (Å²) in [5.74, 6) is 0.684. The van der Waals surface area contributed by atoms with Gasteiger partial charge in [0.05, 0.1) is 5.02 Å². The van der Waals surface area contributed by atoms with Crippen molar-refractivity contribution in [2.75, 3.05) is 7.05 Å². The largest absolute Gasteiger partial charge is 0.489 e. The first kappa shape index (κ1) is 11.1. The summed E-state index contributed by atoms with van der Waals surface area (Å²) in [7, 11) is 1.97. The number of hydrogen-bond acceptors (Lipinski definition) is 2. The Labute approximate surface area is 99.5 Å². The van der Waals surface area contributed by atoms with E-state index in [0.717, 1.165) is 12.8 Å². The molecule has 0 saturated heterocycles. The van der Waals surface area contributed by atoms with E-state index in [9.17, 15) is 0 Å². The van der Waals surface area contributed by atoms with Gasteiger partial charge in [0, 0.05) is 17.1 Å². The lowest BCUT2D eigenvalue weighted by Crippen LogP contribution is -2.45. The molecular weight excluding hydrogens is 233 g/mol. The van der Waals surface area contributed by atoms with Gasteiger partial charge in [-0.2, -0.15) is 0 Å². The Balaban J connectivity index is 1.97. The smallest absolute Gasteiger partial charge is 0.139 e. The fraction of sp³-hybridized carbons (Fsp3) is 0.455. The summed E-state index contributed by atoms with van der Waals surface area (Å²) in [5, 5.41) is 4.47. The molecule has 0 spiro atoms. The minimum absolute atomic E-state index is 0.262. The molecule has 1 saturated carbocycles. The molecule has 82 valence electrons. The van der Waals surface area contributed by atoms with Gasteiger partial charge < -0.3 is 10.1 Å². The zero-order chi connectivity index (χ0) is 10.8. The lowest BCUT2D eigenvalue weighted by atomic mass is 9.89. The van der Waals surface area contributed by atoms with Crippen molar-refractivity contribution in [3.8, 4) is 5.75 Å². The molecule has 1 aromatic carbocycles. The first-order valence-electron chi connectivity index (χ1n) is 4.98. The first-order valence-corrected chi connectivity index (χ1v) is 5.73. The van der Waals surface area contributed by atoms with Gasteiger partial charge in [-0.25, -0.2) is 0 Å². The van der Waals surface area contributed by atoms with Crippen LogP contribution in [0.3, 0.4) is 0 Å². The highest BCUT2D eigenvalue weighted by molar-refractivity contribution is 6.34. The summed E-state index contributed by atoms with van der Waals surface area (Å²) in [5.41, 5.74) is 0. The van der Waals surface area contributed by atoms with Crippen molar-refractivity contribution in [1.29, 1.82) is 0 Å². The Morgan fingerprint density at radius 1 is 1.33 bits per heavy atom. The molecule has 0 aromatic heterocycles. The number of halogens is 2. The van der Waals surface area contributed by atoms with Gasteiger partial charge >= 0.3 is 0 Å². The van der Waals surface area contributed by atoms with Crippen molar-refractivity contribution in [2.45, 2.75) is 25.0 Å². The monoisotopic (exact) mass is 245 g/mol. The lowest BCUT2D eigenvalue weighted by molar-refractivity contribution is 0.0886. The van der Waals surface area contributed by atoms with Gasteiger partial charge in [-0.15, -0.1) is 0 Å². The minimum atomic E-state index is 0.262. The lowest BCUT2D eigenvalue weighted by Gasteiger charge is -2.35. The van der Waals surface area contributed by atoms with Crippen molar-refractivity contribution in [2.24, 2.45) is 0 Å². The van der Waals surface area contributed by atoms with Gasteiger partial charge in [-0.1, -0.05) is 23.2 Å². The van der Waals surface area contributed by atoms with E-state index in [-0.39, 0.29) is 6.10 Å². The van der Waals surface area contributed by atoms with E-state index in [1.165, 1.54) is 0 Å². The van der Waals surface area contributed by atoms with E-state index >= 15 is 0 Å². The maximum absolute atomic E-state index is 5.99. The highest BCUT2D eigenvalue weighted by Gasteiger charge is 2.29. The highest BCUT2D eigenvalue weighted by Crippen LogP contribution is 2.32.